The average Bonchev–Trinajstić information content (AvgIpc) is 3.81. The van der Waals surface area contributed by atoms with Crippen LogP contribution in [-0.2, 0) is 0 Å². The molecule has 270 valence electrons. The lowest BCUT2D eigenvalue weighted by Gasteiger charge is -2.23. The third-order valence-electron chi connectivity index (χ3n) is 9.46. The van der Waals surface area contributed by atoms with E-state index in [4.69, 9.17) is 11.5 Å². The van der Waals surface area contributed by atoms with Crippen LogP contribution in [-0.4, -0.2) is 57.6 Å². The zero-order chi connectivity index (χ0) is 36.6. The Bertz CT molecular complexity index is 1950. The Morgan fingerprint density at radius 3 is 1.35 bits per heavy atom. The van der Waals surface area contributed by atoms with Crippen LogP contribution in [0.25, 0.3) is 33.2 Å². The van der Waals surface area contributed by atoms with Gasteiger partial charge in [0, 0.05) is 36.3 Å². The molecule has 10 heteroatoms. The molecule has 8 rings (SSSR count). The Hall–Kier alpha value is -5.32. The number of primary amides is 2. The number of nitrogens with two attached hydrogens (primary N) is 2. The predicted octanol–water partition coefficient (Wildman–Crippen LogP) is 6.85. The molecule has 0 radical (unpaired) electrons. The molecule has 2 aliphatic heterocycles. The Morgan fingerprint density at radius 1 is 0.635 bits per heavy atom. The van der Waals surface area contributed by atoms with Crippen molar-refractivity contribution in [1.82, 2.24) is 30.2 Å². The van der Waals surface area contributed by atoms with Crippen LogP contribution >= 0.6 is 0 Å². The summed E-state index contributed by atoms with van der Waals surface area (Å²) in [6.07, 6.45) is 8.79. The van der Waals surface area contributed by atoms with E-state index < -0.39 is 11.8 Å². The smallest absolute Gasteiger partial charge is 0.250 e. The fraction of sp³-hybridized carbons (Fsp3) is 0.333. The molecule has 0 saturated carbocycles. The standard InChI is InChI=1S/2C19H20N4O.C4H10/c2*20-19(24)17-5-1-3-15-12-23(22-18(15)17)16-8-6-13(7-9-16)14-4-2-10-21-11-14;1-4(2)3/h2*1,3,5-9,12,14,21H,2,4,10-11H2,(H2,20,24);4H,1-3H3/t2*14-;/m11./s1. The lowest BCUT2D eigenvalue weighted by Crippen LogP contribution is -2.28. The number of hydrogen-bond acceptors (Lipinski definition) is 6. The molecule has 10 nitrogen and oxygen atoms in total. The van der Waals surface area contributed by atoms with E-state index in [1.165, 1.54) is 36.8 Å². The number of hydrogen-bond donors (Lipinski definition) is 4. The summed E-state index contributed by atoms with van der Waals surface area (Å²) < 4.78 is 3.61. The van der Waals surface area contributed by atoms with Crippen molar-refractivity contribution >= 4 is 33.6 Å². The first-order valence-corrected chi connectivity index (χ1v) is 18.4. The van der Waals surface area contributed by atoms with E-state index in [9.17, 15) is 9.59 Å². The molecule has 2 amide bonds. The van der Waals surface area contributed by atoms with Gasteiger partial charge in [-0.2, -0.15) is 10.2 Å². The molecule has 0 bridgehead atoms. The molecule has 4 heterocycles. The number of nitrogens with one attached hydrogen (secondary N) is 2. The van der Waals surface area contributed by atoms with Crippen molar-refractivity contribution in [2.24, 2.45) is 17.4 Å². The molecule has 0 aliphatic carbocycles. The Balaban J connectivity index is 0.000000162. The van der Waals surface area contributed by atoms with Crippen LogP contribution < -0.4 is 22.1 Å². The number of piperidine rings is 2. The number of benzene rings is 4. The number of fused-ring (bicyclic) bond motifs is 2. The number of amides is 2. The quantitative estimate of drug-likeness (QED) is 0.150. The molecule has 2 atom stereocenters. The summed E-state index contributed by atoms with van der Waals surface area (Å²) in [6, 6.07) is 28.0. The maximum absolute atomic E-state index is 11.5. The first-order valence-electron chi connectivity index (χ1n) is 18.4. The number of aromatic nitrogens is 4. The molecular formula is C42H50N8O2. The normalized spacial score (nSPS) is 17.2. The van der Waals surface area contributed by atoms with Crippen molar-refractivity contribution in [3.63, 3.8) is 0 Å². The van der Waals surface area contributed by atoms with E-state index in [-0.39, 0.29) is 0 Å². The third-order valence-corrected chi connectivity index (χ3v) is 9.46. The summed E-state index contributed by atoms with van der Waals surface area (Å²) in [5.41, 5.74) is 17.8. The molecule has 2 fully saturated rings. The number of carbonyl (C=O) groups is 2. The van der Waals surface area contributed by atoms with Crippen LogP contribution in [0.4, 0.5) is 0 Å². The monoisotopic (exact) mass is 698 g/mol. The van der Waals surface area contributed by atoms with Crippen LogP contribution in [0.15, 0.2) is 97.3 Å². The second-order valence-corrected chi connectivity index (χ2v) is 14.4. The van der Waals surface area contributed by atoms with Crippen LogP contribution in [0.3, 0.4) is 0 Å². The highest BCUT2D eigenvalue weighted by atomic mass is 16.1. The lowest BCUT2D eigenvalue weighted by molar-refractivity contribution is 0.0993. The van der Waals surface area contributed by atoms with E-state index >= 15 is 0 Å². The van der Waals surface area contributed by atoms with E-state index in [1.54, 1.807) is 21.5 Å². The molecule has 6 aromatic rings. The van der Waals surface area contributed by atoms with Crippen LogP contribution in [0.1, 0.15) is 90.1 Å². The minimum atomic E-state index is -0.453. The van der Waals surface area contributed by atoms with Gasteiger partial charge in [-0.15, -0.1) is 0 Å². The fourth-order valence-electron chi connectivity index (χ4n) is 6.82. The minimum absolute atomic E-state index is 0.453. The summed E-state index contributed by atoms with van der Waals surface area (Å²) in [4.78, 5) is 23.1. The van der Waals surface area contributed by atoms with Gasteiger partial charge in [-0.3, -0.25) is 9.59 Å². The number of rotatable bonds is 6. The van der Waals surface area contributed by atoms with Crippen LogP contribution in [0, 0.1) is 5.92 Å². The highest BCUT2D eigenvalue weighted by Gasteiger charge is 2.17. The van der Waals surface area contributed by atoms with Crippen molar-refractivity contribution in [3.05, 3.63) is 120 Å². The zero-order valence-corrected chi connectivity index (χ0v) is 30.4. The molecule has 2 aromatic heterocycles. The fourth-order valence-corrected chi connectivity index (χ4v) is 6.82. The van der Waals surface area contributed by atoms with E-state index in [0.29, 0.717) is 34.0 Å². The molecular weight excluding hydrogens is 649 g/mol. The lowest BCUT2D eigenvalue weighted by atomic mass is 9.92. The average molecular weight is 699 g/mol. The maximum atomic E-state index is 11.5. The summed E-state index contributed by atoms with van der Waals surface area (Å²) in [7, 11) is 0. The van der Waals surface area contributed by atoms with Gasteiger partial charge in [0.05, 0.1) is 22.5 Å². The van der Waals surface area contributed by atoms with Gasteiger partial charge in [-0.05, 0) is 104 Å². The van der Waals surface area contributed by atoms with Crippen molar-refractivity contribution in [2.45, 2.75) is 58.3 Å². The second-order valence-electron chi connectivity index (χ2n) is 14.4. The van der Waals surface area contributed by atoms with Gasteiger partial charge in [0.1, 0.15) is 11.0 Å². The molecule has 0 spiro atoms. The number of nitrogens with zero attached hydrogens (tertiary/aromatic N) is 4. The summed E-state index contributed by atoms with van der Waals surface area (Å²) in [5, 5.41) is 17.8. The third kappa shape index (κ3) is 8.75. The van der Waals surface area contributed by atoms with Crippen molar-refractivity contribution in [1.29, 1.82) is 0 Å². The highest BCUT2D eigenvalue weighted by molar-refractivity contribution is 6.05. The van der Waals surface area contributed by atoms with Gasteiger partial charge in [0.15, 0.2) is 0 Å². The molecule has 0 unspecified atom stereocenters. The second kappa shape index (κ2) is 16.8. The topological polar surface area (TPSA) is 146 Å². The Kier molecular flexibility index (Phi) is 11.8. The van der Waals surface area contributed by atoms with Crippen LogP contribution in [0.2, 0.25) is 0 Å². The van der Waals surface area contributed by atoms with Crippen molar-refractivity contribution < 1.29 is 9.59 Å². The minimum Gasteiger partial charge on any atom is -0.366 e. The molecule has 2 aliphatic rings. The molecule has 2 saturated heterocycles. The van der Waals surface area contributed by atoms with Gasteiger partial charge in [0.25, 0.3) is 11.8 Å². The highest BCUT2D eigenvalue weighted by Crippen LogP contribution is 2.27. The van der Waals surface area contributed by atoms with Gasteiger partial charge < -0.3 is 22.1 Å². The van der Waals surface area contributed by atoms with Crippen LogP contribution in [0.5, 0.6) is 0 Å². The summed E-state index contributed by atoms with van der Waals surface area (Å²) in [6.45, 7) is 10.8. The van der Waals surface area contributed by atoms with Gasteiger partial charge in [-0.25, -0.2) is 9.36 Å². The Morgan fingerprint density at radius 2 is 1.02 bits per heavy atom. The Labute approximate surface area is 305 Å². The van der Waals surface area contributed by atoms with E-state index in [0.717, 1.165) is 54.2 Å². The van der Waals surface area contributed by atoms with Gasteiger partial charge in [-0.1, -0.05) is 69.3 Å². The molecule has 4 aromatic carbocycles. The van der Waals surface area contributed by atoms with Gasteiger partial charge >= 0.3 is 0 Å². The number of carbonyl (C=O) groups excluding carboxylic acids is 2. The molecule has 6 N–H and O–H groups in total. The van der Waals surface area contributed by atoms with E-state index in [2.05, 4.69) is 90.1 Å². The van der Waals surface area contributed by atoms with Gasteiger partial charge in [0.2, 0.25) is 0 Å². The maximum Gasteiger partial charge on any atom is 0.250 e. The predicted molar refractivity (Wildman–Crippen MR) is 209 cm³/mol. The first kappa shape index (κ1) is 36.5. The summed E-state index contributed by atoms with van der Waals surface area (Å²) >= 11 is 0. The summed E-state index contributed by atoms with van der Waals surface area (Å²) in [5.74, 6) is 1.11. The molecule has 52 heavy (non-hydrogen) atoms. The first-order chi connectivity index (χ1) is 25.2. The SMILES string of the molecule is CC(C)C.NC(=O)c1cccc2cn(-c3ccc([C@@H]4CCCNC4)cc3)nc12.NC(=O)c1cccc2cn(-c3ccc([C@@H]4CCCNC4)cc3)nc12. The van der Waals surface area contributed by atoms with Crippen molar-refractivity contribution in [3.8, 4) is 11.4 Å². The largest absolute Gasteiger partial charge is 0.366 e. The zero-order valence-electron chi connectivity index (χ0n) is 30.4. The van der Waals surface area contributed by atoms with Crippen molar-refractivity contribution in [2.75, 3.05) is 26.2 Å². The van der Waals surface area contributed by atoms with E-state index in [1.807, 2.05) is 36.7 Å².